The summed E-state index contributed by atoms with van der Waals surface area (Å²) in [5.41, 5.74) is -0.769. The number of hydrogen-bond donors (Lipinski definition) is 1. The Kier molecular flexibility index (Phi) is 4.51. The van der Waals surface area contributed by atoms with Gasteiger partial charge in [-0.25, -0.2) is 13.1 Å². The molecule has 110 valence electrons. The van der Waals surface area contributed by atoms with Crippen molar-refractivity contribution in [2.24, 2.45) is 5.92 Å². The van der Waals surface area contributed by atoms with Gasteiger partial charge in [-0.3, -0.25) is 0 Å². The lowest BCUT2D eigenvalue weighted by molar-refractivity contribution is -0.0447. The van der Waals surface area contributed by atoms with Crippen LogP contribution in [0.1, 0.15) is 34.1 Å². The minimum atomic E-state index is -5.25. The second kappa shape index (κ2) is 5.28. The fourth-order valence-corrected chi connectivity index (χ4v) is 2.84. The molecular formula is C12H18F3NO2S. The maximum Gasteiger partial charge on any atom is 0.511 e. The third-order valence-electron chi connectivity index (χ3n) is 3.82. The molecule has 0 saturated carbocycles. The second-order valence-electron chi connectivity index (χ2n) is 4.80. The third kappa shape index (κ3) is 3.20. The lowest BCUT2D eigenvalue weighted by Gasteiger charge is -2.16. The Bertz CT molecular complexity index is 506. The lowest BCUT2D eigenvalue weighted by atomic mass is 9.93. The van der Waals surface area contributed by atoms with Crippen LogP contribution in [0.15, 0.2) is 22.3 Å². The van der Waals surface area contributed by atoms with E-state index in [4.69, 9.17) is 0 Å². The van der Waals surface area contributed by atoms with Crippen molar-refractivity contribution in [3.63, 3.8) is 0 Å². The van der Waals surface area contributed by atoms with E-state index >= 15 is 0 Å². The van der Waals surface area contributed by atoms with Crippen LogP contribution >= 0.6 is 0 Å². The predicted octanol–water partition coefficient (Wildman–Crippen LogP) is 3.12. The van der Waals surface area contributed by atoms with Crippen LogP contribution in [0.25, 0.3) is 0 Å². The van der Waals surface area contributed by atoms with Crippen molar-refractivity contribution in [1.82, 2.24) is 4.72 Å². The van der Waals surface area contributed by atoms with E-state index < -0.39 is 15.5 Å². The highest BCUT2D eigenvalue weighted by molar-refractivity contribution is 7.90. The molecular weight excluding hydrogens is 279 g/mol. The topological polar surface area (TPSA) is 46.2 Å². The maximum atomic E-state index is 12.1. The molecule has 0 aromatic rings. The number of hydrogen-bond acceptors (Lipinski definition) is 2. The summed E-state index contributed by atoms with van der Waals surface area (Å²) >= 11 is 0. The summed E-state index contributed by atoms with van der Waals surface area (Å²) in [6.07, 6.45) is 0.335. The van der Waals surface area contributed by atoms with Crippen LogP contribution in [0.2, 0.25) is 0 Å². The normalized spacial score (nSPS) is 18.7. The molecule has 0 unspecified atom stereocenters. The second-order valence-corrected chi connectivity index (χ2v) is 6.56. The fourth-order valence-electron chi connectivity index (χ4n) is 2.29. The van der Waals surface area contributed by atoms with Crippen molar-refractivity contribution in [2.75, 3.05) is 6.54 Å². The molecule has 1 aliphatic rings. The van der Waals surface area contributed by atoms with Gasteiger partial charge in [0.2, 0.25) is 0 Å². The summed E-state index contributed by atoms with van der Waals surface area (Å²) in [6, 6.07) is 0. The Hall–Kier alpha value is -0.820. The van der Waals surface area contributed by atoms with E-state index in [9.17, 15) is 21.6 Å². The number of nitrogens with one attached hydrogen (secondary N) is 1. The number of sulfonamides is 1. The van der Waals surface area contributed by atoms with Gasteiger partial charge in [0.25, 0.3) is 0 Å². The van der Waals surface area contributed by atoms with Crippen LogP contribution in [-0.4, -0.2) is 20.5 Å². The third-order valence-corrected chi connectivity index (χ3v) is 5.01. The van der Waals surface area contributed by atoms with Gasteiger partial charge < -0.3 is 0 Å². The molecule has 0 fully saturated rings. The first-order valence-electron chi connectivity index (χ1n) is 5.90. The smallest absolute Gasteiger partial charge is 0.207 e. The van der Waals surface area contributed by atoms with E-state index in [0.29, 0.717) is 6.42 Å². The molecule has 0 aliphatic heterocycles. The molecule has 0 aromatic heterocycles. The van der Waals surface area contributed by atoms with Gasteiger partial charge in [-0.1, -0.05) is 11.1 Å². The molecule has 1 rings (SSSR count). The van der Waals surface area contributed by atoms with Crippen molar-refractivity contribution in [1.29, 1.82) is 0 Å². The molecule has 0 amide bonds. The first kappa shape index (κ1) is 16.2. The number of rotatable bonds is 4. The Morgan fingerprint density at radius 3 is 1.84 bits per heavy atom. The summed E-state index contributed by atoms with van der Waals surface area (Å²) in [5, 5.41) is 0. The zero-order valence-electron chi connectivity index (χ0n) is 11.4. The Labute approximate surface area is 111 Å². The van der Waals surface area contributed by atoms with E-state index in [1.165, 1.54) is 0 Å². The highest BCUT2D eigenvalue weighted by Gasteiger charge is 2.45. The zero-order valence-corrected chi connectivity index (χ0v) is 12.2. The molecule has 19 heavy (non-hydrogen) atoms. The van der Waals surface area contributed by atoms with Crippen molar-refractivity contribution in [3.05, 3.63) is 22.3 Å². The maximum absolute atomic E-state index is 12.1. The SMILES string of the molecule is CC1=C(C)C(CCNS(=O)(=O)C(F)(F)F)C(C)=C1C. The van der Waals surface area contributed by atoms with Crippen LogP contribution in [-0.2, 0) is 10.0 Å². The molecule has 0 atom stereocenters. The first-order valence-corrected chi connectivity index (χ1v) is 7.38. The molecule has 0 spiro atoms. The molecule has 1 N–H and O–H groups in total. The minimum absolute atomic E-state index is 0.0240. The van der Waals surface area contributed by atoms with Gasteiger partial charge in [0.05, 0.1) is 0 Å². The standard InChI is InChI=1S/C12H18F3NO2S/c1-7-8(2)10(4)11(9(7)3)5-6-16-19(17,18)12(13,14)15/h11,16H,5-6H2,1-4H3. The van der Waals surface area contributed by atoms with Crippen molar-refractivity contribution in [3.8, 4) is 0 Å². The van der Waals surface area contributed by atoms with Crippen molar-refractivity contribution in [2.45, 2.75) is 39.6 Å². The lowest BCUT2D eigenvalue weighted by Crippen LogP contribution is -2.37. The van der Waals surface area contributed by atoms with E-state index in [0.717, 1.165) is 22.3 Å². The molecule has 3 nitrogen and oxygen atoms in total. The number of allylic oxidation sites excluding steroid dienone is 4. The highest BCUT2D eigenvalue weighted by Crippen LogP contribution is 2.38. The largest absolute Gasteiger partial charge is 0.511 e. The molecule has 0 saturated heterocycles. The van der Waals surface area contributed by atoms with Gasteiger partial charge in [0.1, 0.15) is 0 Å². The summed E-state index contributed by atoms with van der Waals surface area (Å²) in [4.78, 5) is 0. The Balaban J connectivity index is 2.67. The fraction of sp³-hybridized carbons (Fsp3) is 0.667. The highest BCUT2D eigenvalue weighted by atomic mass is 32.2. The van der Waals surface area contributed by atoms with Crippen LogP contribution in [0, 0.1) is 5.92 Å². The van der Waals surface area contributed by atoms with E-state index in [1.54, 1.807) is 4.72 Å². The Morgan fingerprint density at radius 2 is 1.47 bits per heavy atom. The zero-order chi connectivity index (χ0) is 15.0. The summed E-state index contributed by atoms with van der Waals surface area (Å²) < 4.78 is 59.7. The van der Waals surface area contributed by atoms with Crippen LogP contribution in [0.4, 0.5) is 13.2 Å². The predicted molar refractivity (Wildman–Crippen MR) is 67.8 cm³/mol. The van der Waals surface area contributed by atoms with E-state index in [2.05, 4.69) is 0 Å². The molecule has 0 heterocycles. The van der Waals surface area contributed by atoms with Crippen LogP contribution < -0.4 is 4.72 Å². The van der Waals surface area contributed by atoms with E-state index in [-0.39, 0.29) is 12.5 Å². The van der Waals surface area contributed by atoms with Gasteiger partial charge in [0.15, 0.2) is 0 Å². The van der Waals surface area contributed by atoms with Gasteiger partial charge in [-0.2, -0.15) is 13.2 Å². The summed E-state index contributed by atoms with van der Waals surface area (Å²) in [6.45, 7) is 7.57. The molecule has 0 aromatic carbocycles. The van der Waals surface area contributed by atoms with Gasteiger partial charge in [0, 0.05) is 12.5 Å². The Morgan fingerprint density at radius 1 is 1.05 bits per heavy atom. The number of alkyl halides is 3. The first-order chi connectivity index (χ1) is 8.49. The van der Waals surface area contributed by atoms with Gasteiger partial charge >= 0.3 is 15.5 Å². The molecule has 7 heteroatoms. The molecule has 0 bridgehead atoms. The van der Waals surface area contributed by atoms with Crippen LogP contribution in [0.3, 0.4) is 0 Å². The average Bonchev–Trinajstić information content (AvgIpc) is 2.45. The number of halogens is 3. The monoisotopic (exact) mass is 297 g/mol. The summed E-state index contributed by atoms with van der Waals surface area (Å²) in [7, 11) is -5.23. The van der Waals surface area contributed by atoms with E-state index in [1.807, 2.05) is 27.7 Å². The molecule has 0 radical (unpaired) electrons. The van der Waals surface area contributed by atoms with Gasteiger partial charge in [-0.15, -0.1) is 0 Å². The van der Waals surface area contributed by atoms with Gasteiger partial charge in [-0.05, 0) is 45.3 Å². The molecule has 1 aliphatic carbocycles. The van der Waals surface area contributed by atoms with Crippen LogP contribution in [0.5, 0.6) is 0 Å². The van der Waals surface area contributed by atoms with Crippen molar-refractivity contribution >= 4 is 10.0 Å². The quantitative estimate of drug-likeness (QED) is 0.866. The minimum Gasteiger partial charge on any atom is -0.207 e. The van der Waals surface area contributed by atoms with Crippen molar-refractivity contribution < 1.29 is 21.6 Å². The average molecular weight is 297 g/mol. The summed E-state index contributed by atoms with van der Waals surface area (Å²) in [5.74, 6) is 0.0240.